The number of aliphatic hydroxyl groups is 3. The maximum atomic E-state index is 14.1. The van der Waals surface area contributed by atoms with Crippen LogP contribution in [0.15, 0.2) is 23.3 Å². The smallest absolute Gasteiger partial charge is 0.331 e. The van der Waals surface area contributed by atoms with Crippen LogP contribution in [0, 0.1) is 28.6 Å². The number of fused-ring (bicyclic) bond motifs is 7. The lowest BCUT2D eigenvalue weighted by molar-refractivity contribution is -0.442. The lowest BCUT2D eigenvalue weighted by Crippen LogP contribution is -2.71. The molecule has 0 bridgehead atoms. The lowest BCUT2D eigenvalue weighted by atomic mass is 9.43. The number of rotatable bonds is 2. The first-order chi connectivity index (χ1) is 18.5. The van der Waals surface area contributed by atoms with Gasteiger partial charge in [0.05, 0.1) is 23.7 Å². The van der Waals surface area contributed by atoms with E-state index in [1.165, 1.54) is 13.2 Å². The zero-order chi connectivity index (χ0) is 27.5. The zero-order valence-corrected chi connectivity index (χ0v) is 22.6. The molecule has 0 unspecified atom stereocenters. The largest absolute Gasteiger partial charge is 0.458 e. The van der Waals surface area contributed by atoms with Crippen molar-refractivity contribution in [1.82, 2.24) is 0 Å². The Hall–Kier alpha value is -1.66. The maximum absolute atomic E-state index is 14.1. The van der Waals surface area contributed by atoms with E-state index in [-0.39, 0.29) is 24.2 Å². The summed E-state index contributed by atoms with van der Waals surface area (Å²) in [6.07, 6.45) is 2.71. The van der Waals surface area contributed by atoms with Gasteiger partial charge in [-0.25, -0.2) is 4.79 Å². The minimum atomic E-state index is -1.77. The van der Waals surface area contributed by atoms with E-state index in [0.717, 1.165) is 11.1 Å². The van der Waals surface area contributed by atoms with Crippen LogP contribution in [0.3, 0.4) is 0 Å². The van der Waals surface area contributed by atoms with Gasteiger partial charge in [0.15, 0.2) is 5.78 Å². The Balaban J connectivity index is 1.24. The molecule has 39 heavy (non-hydrogen) atoms. The molecule has 0 amide bonds. The molecule has 214 valence electrons. The third kappa shape index (κ3) is 3.22. The molecular formula is C29H38O10. The number of allylic oxidation sites excluding steroid dienone is 1. The van der Waals surface area contributed by atoms with Crippen LogP contribution in [0.2, 0.25) is 0 Å². The predicted molar refractivity (Wildman–Crippen MR) is 133 cm³/mol. The molecule has 10 nitrogen and oxygen atoms in total. The molecule has 0 spiro atoms. The van der Waals surface area contributed by atoms with Crippen LogP contribution >= 0.6 is 0 Å². The van der Waals surface area contributed by atoms with Gasteiger partial charge >= 0.3 is 5.97 Å². The number of hydrogen-bond donors (Lipinski definition) is 3. The van der Waals surface area contributed by atoms with Crippen molar-refractivity contribution in [3.05, 3.63) is 23.3 Å². The van der Waals surface area contributed by atoms with Gasteiger partial charge in [-0.05, 0) is 61.9 Å². The minimum absolute atomic E-state index is 0.119. The molecule has 0 aromatic rings. The van der Waals surface area contributed by atoms with Gasteiger partial charge in [-0.15, -0.1) is 0 Å². The van der Waals surface area contributed by atoms with E-state index in [1.54, 1.807) is 6.92 Å². The number of methoxy groups -OCH3 is 1. The van der Waals surface area contributed by atoms with Crippen molar-refractivity contribution in [1.29, 1.82) is 0 Å². The highest BCUT2D eigenvalue weighted by Crippen LogP contribution is 2.68. The van der Waals surface area contributed by atoms with Crippen molar-refractivity contribution >= 4 is 11.8 Å². The van der Waals surface area contributed by atoms with Gasteiger partial charge in [0, 0.05) is 25.5 Å². The summed E-state index contributed by atoms with van der Waals surface area (Å²) in [6.45, 7) is 4.31. The number of Topliss-reactive ketones (excluding diaryl/α,β-unsaturated/α-hetero) is 1. The van der Waals surface area contributed by atoms with Gasteiger partial charge in [0.25, 0.3) is 0 Å². The normalized spacial score (nSPS) is 54.4. The fourth-order valence-corrected chi connectivity index (χ4v) is 9.64. The number of ether oxygens (including phenoxy) is 5. The number of hydrogen-bond acceptors (Lipinski definition) is 10. The van der Waals surface area contributed by atoms with Gasteiger partial charge in [0.2, 0.25) is 12.1 Å². The highest BCUT2D eigenvalue weighted by molar-refractivity contribution is 5.93. The molecule has 12 atom stereocenters. The van der Waals surface area contributed by atoms with Crippen molar-refractivity contribution < 1.29 is 48.6 Å². The summed E-state index contributed by atoms with van der Waals surface area (Å²) in [6, 6.07) is 0. The van der Waals surface area contributed by atoms with Crippen molar-refractivity contribution in [2.45, 2.75) is 94.5 Å². The third-order valence-electron chi connectivity index (χ3n) is 11.6. The van der Waals surface area contributed by atoms with Crippen LogP contribution in [0.5, 0.6) is 0 Å². The van der Waals surface area contributed by atoms with Crippen LogP contribution in [-0.4, -0.2) is 89.5 Å². The first-order valence-corrected chi connectivity index (χ1v) is 14.2. The average molecular weight is 547 g/mol. The van der Waals surface area contributed by atoms with E-state index in [9.17, 15) is 24.9 Å². The number of carbonyl (C=O) groups excluding carboxylic acids is 2. The molecule has 4 aliphatic carbocycles. The molecule has 0 aromatic carbocycles. The second kappa shape index (κ2) is 8.44. The van der Waals surface area contributed by atoms with Gasteiger partial charge in [-0.1, -0.05) is 18.6 Å². The SMILES string of the molecule is CO[C@@H]1CCO[C@H]2O[C@@H]3C=C4CC[C@@H]5[C@H]([C@H](O)C(=O)[C@]6(C)[C@@H](C7=CC(=O)OC7)CC[C@]56O)[C@@]4(C)C[C@H]3O[C@]21O. The van der Waals surface area contributed by atoms with E-state index in [1.807, 2.05) is 13.0 Å². The predicted octanol–water partition coefficient (Wildman–Crippen LogP) is 1.16. The van der Waals surface area contributed by atoms with Crippen LogP contribution in [0.4, 0.5) is 0 Å². The third-order valence-corrected chi connectivity index (χ3v) is 11.6. The molecule has 7 aliphatic rings. The lowest BCUT2D eigenvalue weighted by Gasteiger charge is -2.63. The molecule has 3 heterocycles. The quantitative estimate of drug-likeness (QED) is 0.341. The first kappa shape index (κ1) is 26.3. The molecule has 2 saturated heterocycles. The Bertz CT molecular complexity index is 1160. The highest BCUT2D eigenvalue weighted by Gasteiger charge is 2.74. The molecule has 0 radical (unpaired) electrons. The Morgan fingerprint density at radius 3 is 2.64 bits per heavy atom. The molecule has 5 fully saturated rings. The summed E-state index contributed by atoms with van der Waals surface area (Å²) in [5, 5.41) is 35.6. The molecular weight excluding hydrogens is 508 g/mol. The number of cyclic esters (lactones) is 1. The molecule has 7 rings (SSSR count). The van der Waals surface area contributed by atoms with Crippen LogP contribution in [-0.2, 0) is 33.3 Å². The summed E-state index contributed by atoms with van der Waals surface area (Å²) < 4.78 is 28.9. The van der Waals surface area contributed by atoms with Crippen molar-refractivity contribution in [3.8, 4) is 0 Å². The summed E-state index contributed by atoms with van der Waals surface area (Å²) in [5.41, 5.74) is -1.42. The molecule has 3 N–H and O–H groups in total. The second-order valence-electron chi connectivity index (χ2n) is 13.1. The van der Waals surface area contributed by atoms with Crippen molar-refractivity contribution in [2.24, 2.45) is 28.6 Å². The fourth-order valence-electron chi connectivity index (χ4n) is 9.64. The summed E-state index contributed by atoms with van der Waals surface area (Å²) in [5.74, 6) is -3.80. The topological polar surface area (TPSA) is 141 Å². The summed E-state index contributed by atoms with van der Waals surface area (Å²) >= 11 is 0. The standard InChI is InChI=1S/C29H38O10/c1-26-12-19-18(38-25-29(34,39-19)20(35-3)7-9-36-25)11-15(26)4-5-17-22(26)23(31)24(32)27(2)16(6-8-28(17,27)33)14-10-21(30)37-13-14/h10-11,16-20,22-23,25,31,33-34H,4-9,12-13H2,1-3H3/t16-,17-,18-,19-,20-,22-,23+,25+,26+,27+,28+,29+/m1/s1. The number of esters is 1. The van der Waals surface area contributed by atoms with Gasteiger partial charge in [-0.3, -0.25) is 4.79 Å². The van der Waals surface area contributed by atoms with Crippen LogP contribution in [0.25, 0.3) is 0 Å². The van der Waals surface area contributed by atoms with E-state index >= 15 is 0 Å². The Labute approximate surface area is 227 Å². The molecule has 0 aromatic heterocycles. The maximum Gasteiger partial charge on any atom is 0.331 e. The first-order valence-electron chi connectivity index (χ1n) is 14.2. The van der Waals surface area contributed by atoms with E-state index < -0.39 is 64.8 Å². The summed E-state index contributed by atoms with van der Waals surface area (Å²) in [4.78, 5) is 26.0. The zero-order valence-electron chi connectivity index (χ0n) is 22.6. The molecule has 3 saturated carbocycles. The van der Waals surface area contributed by atoms with Crippen molar-refractivity contribution in [3.63, 3.8) is 0 Å². The Morgan fingerprint density at radius 1 is 1.13 bits per heavy atom. The van der Waals surface area contributed by atoms with Crippen molar-refractivity contribution in [2.75, 3.05) is 20.3 Å². The highest BCUT2D eigenvalue weighted by atomic mass is 16.8. The van der Waals surface area contributed by atoms with E-state index in [2.05, 4.69) is 0 Å². The van der Waals surface area contributed by atoms with Gasteiger partial charge in [0.1, 0.15) is 24.9 Å². The Morgan fingerprint density at radius 2 is 1.92 bits per heavy atom. The second-order valence-corrected chi connectivity index (χ2v) is 13.1. The monoisotopic (exact) mass is 546 g/mol. The minimum Gasteiger partial charge on any atom is -0.458 e. The van der Waals surface area contributed by atoms with Crippen LogP contribution in [0.1, 0.15) is 52.4 Å². The molecule has 10 heteroatoms. The van der Waals surface area contributed by atoms with Crippen LogP contribution < -0.4 is 0 Å². The average Bonchev–Trinajstić information content (AvgIpc) is 3.44. The van der Waals surface area contributed by atoms with E-state index in [4.69, 9.17) is 23.7 Å². The number of aliphatic hydroxyl groups excluding tert-OH is 1. The number of ketones is 1. The summed E-state index contributed by atoms with van der Waals surface area (Å²) in [7, 11) is 1.52. The molecule has 3 aliphatic heterocycles. The fraction of sp³-hybridized carbons (Fsp3) is 0.793. The number of carbonyl (C=O) groups is 2. The van der Waals surface area contributed by atoms with Gasteiger partial charge in [-0.2, -0.15) is 0 Å². The van der Waals surface area contributed by atoms with Gasteiger partial charge < -0.3 is 39.0 Å². The Kier molecular flexibility index (Phi) is 5.68. The van der Waals surface area contributed by atoms with E-state index in [0.29, 0.717) is 45.1 Å².